The molecule has 1 heterocycles. The average Bonchev–Trinajstić information content (AvgIpc) is 2.72. The van der Waals surface area contributed by atoms with E-state index in [0.29, 0.717) is 0 Å². The molecule has 0 aliphatic heterocycles. The first-order valence-electron chi connectivity index (χ1n) is 6.26. The van der Waals surface area contributed by atoms with Gasteiger partial charge in [0, 0.05) is 15.4 Å². The maximum atomic E-state index is 5.95. The quantitative estimate of drug-likeness (QED) is 0.723. The summed E-state index contributed by atoms with van der Waals surface area (Å²) >= 11 is 1.88. The topological polar surface area (TPSA) is 26.0 Å². The summed E-state index contributed by atoms with van der Waals surface area (Å²) in [7, 11) is 0. The number of rotatable bonds is 1. The minimum absolute atomic E-state index is 0.222. The smallest absolute Gasteiger partial charge is 0.0348 e. The lowest BCUT2D eigenvalue weighted by Gasteiger charge is -2.15. The van der Waals surface area contributed by atoms with Crippen molar-refractivity contribution in [3.63, 3.8) is 0 Å². The lowest BCUT2D eigenvalue weighted by Crippen LogP contribution is -2.07. The van der Waals surface area contributed by atoms with Crippen LogP contribution in [0.25, 0.3) is 10.4 Å². The second-order valence-corrected chi connectivity index (χ2v) is 7.02. The molecule has 2 rings (SSSR count). The Bertz CT molecular complexity index is 573. The van der Waals surface area contributed by atoms with Crippen LogP contribution in [-0.4, -0.2) is 0 Å². The van der Waals surface area contributed by atoms with E-state index in [1.807, 2.05) is 11.3 Å². The zero-order valence-electron chi connectivity index (χ0n) is 11.8. The van der Waals surface area contributed by atoms with Gasteiger partial charge in [-0.15, -0.1) is 11.3 Å². The van der Waals surface area contributed by atoms with Crippen molar-refractivity contribution in [1.82, 2.24) is 0 Å². The molecular formula is C16H21NS. The van der Waals surface area contributed by atoms with Crippen LogP contribution in [0.4, 0.5) is 5.69 Å². The van der Waals surface area contributed by atoms with Gasteiger partial charge in [0.1, 0.15) is 0 Å². The summed E-state index contributed by atoms with van der Waals surface area (Å²) in [6.45, 7) is 11.0. The highest BCUT2D eigenvalue weighted by Crippen LogP contribution is 2.37. The molecule has 0 unspecified atom stereocenters. The first kappa shape index (κ1) is 13.2. The Hall–Kier alpha value is -1.28. The molecule has 1 nitrogen and oxygen atoms in total. The Labute approximate surface area is 114 Å². The van der Waals surface area contributed by atoms with Crippen LogP contribution in [0.15, 0.2) is 24.3 Å². The fraction of sp³-hybridized carbons (Fsp3) is 0.375. The van der Waals surface area contributed by atoms with Crippen LogP contribution < -0.4 is 5.73 Å². The van der Waals surface area contributed by atoms with Gasteiger partial charge in [0.15, 0.2) is 0 Å². The molecule has 0 amide bonds. The molecule has 2 aromatic rings. The molecule has 0 saturated heterocycles. The van der Waals surface area contributed by atoms with Gasteiger partial charge in [-0.2, -0.15) is 0 Å². The summed E-state index contributed by atoms with van der Waals surface area (Å²) in [6, 6.07) is 8.73. The number of hydrogen-bond donors (Lipinski definition) is 1. The Morgan fingerprint density at radius 2 is 1.67 bits per heavy atom. The first-order valence-corrected chi connectivity index (χ1v) is 7.08. The lowest BCUT2D eigenvalue weighted by molar-refractivity contribution is 0.604. The zero-order valence-corrected chi connectivity index (χ0v) is 12.6. The van der Waals surface area contributed by atoms with E-state index in [9.17, 15) is 0 Å². The van der Waals surface area contributed by atoms with Crippen LogP contribution in [0.5, 0.6) is 0 Å². The van der Waals surface area contributed by atoms with Crippen molar-refractivity contribution in [1.29, 1.82) is 0 Å². The van der Waals surface area contributed by atoms with Gasteiger partial charge in [0.25, 0.3) is 0 Å². The van der Waals surface area contributed by atoms with Crippen molar-refractivity contribution in [3.05, 3.63) is 40.3 Å². The highest BCUT2D eigenvalue weighted by Gasteiger charge is 2.17. The lowest BCUT2D eigenvalue weighted by atomic mass is 9.95. The van der Waals surface area contributed by atoms with Crippen LogP contribution in [0, 0.1) is 13.8 Å². The average molecular weight is 259 g/mol. The Kier molecular flexibility index (Phi) is 3.24. The van der Waals surface area contributed by atoms with E-state index in [0.717, 1.165) is 11.3 Å². The van der Waals surface area contributed by atoms with Crippen LogP contribution in [0.1, 0.15) is 36.8 Å². The predicted octanol–water partition coefficient (Wildman–Crippen LogP) is 4.91. The van der Waals surface area contributed by atoms with E-state index >= 15 is 0 Å². The fourth-order valence-electron chi connectivity index (χ4n) is 1.99. The van der Waals surface area contributed by atoms with Crippen molar-refractivity contribution in [2.75, 3.05) is 5.73 Å². The Balaban J connectivity index is 2.50. The van der Waals surface area contributed by atoms with Gasteiger partial charge in [-0.1, -0.05) is 20.8 Å². The van der Waals surface area contributed by atoms with Gasteiger partial charge in [-0.05, 0) is 60.2 Å². The first-order chi connectivity index (χ1) is 8.29. The molecule has 0 aliphatic rings. The van der Waals surface area contributed by atoms with Crippen molar-refractivity contribution < 1.29 is 0 Å². The van der Waals surface area contributed by atoms with E-state index in [-0.39, 0.29) is 5.41 Å². The van der Waals surface area contributed by atoms with Crippen LogP contribution in [0.2, 0.25) is 0 Å². The van der Waals surface area contributed by atoms with Gasteiger partial charge in [-0.3, -0.25) is 0 Å². The number of aryl methyl sites for hydroxylation is 2. The number of hydrogen-bond acceptors (Lipinski definition) is 2. The molecule has 0 aliphatic carbocycles. The summed E-state index contributed by atoms with van der Waals surface area (Å²) < 4.78 is 0. The second kappa shape index (κ2) is 4.43. The molecule has 1 aromatic carbocycles. The number of anilines is 1. The van der Waals surface area contributed by atoms with E-state index in [2.05, 4.69) is 58.9 Å². The second-order valence-electron chi connectivity index (χ2n) is 5.94. The Morgan fingerprint density at radius 3 is 2.22 bits per heavy atom. The Morgan fingerprint density at radius 1 is 1.00 bits per heavy atom. The monoisotopic (exact) mass is 259 g/mol. The van der Waals surface area contributed by atoms with Gasteiger partial charge in [-0.25, -0.2) is 0 Å². The van der Waals surface area contributed by atoms with Crippen LogP contribution in [-0.2, 0) is 5.41 Å². The summed E-state index contributed by atoms with van der Waals surface area (Å²) in [5, 5.41) is 0. The maximum absolute atomic E-state index is 5.95. The molecule has 0 atom stereocenters. The highest BCUT2D eigenvalue weighted by molar-refractivity contribution is 7.15. The van der Waals surface area contributed by atoms with Crippen molar-refractivity contribution in [2.45, 2.75) is 40.0 Å². The molecule has 1 aromatic heterocycles. The third-order valence-electron chi connectivity index (χ3n) is 3.22. The standard InChI is InChI=1S/C16H21NS/c1-10-9-13(17)11(2)8-12(10)14-6-7-15(18-14)16(3,4)5/h6-9H,17H2,1-5H3. The van der Waals surface area contributed by atoms with E-state index in [1.54, 1.807) is 0 Å². The molecule has 2 heteroatoms. The van der Waals surface area contributed by atoms with Gasteiger partial charge in [0.2, 0.25) is 0 Å². The van der Waals surface area contributed by atoms with E-state index in [4.69, 9.17) is 5.73 Å². The molecule has 96 valence electrons. The molecular weight excluding hydrogens is 238 g/mol. The molecule has 0 spiro atoms. The normalized spacial score (nSPS) is 11.8. The summed E-state index contributed by atoms with van der Waals surface area (Å²) in [5.74, 6) is 0. The molecule has 0 fully saturated rings. The number of nitrogen functional groups attached to an aromatic ring is 1. The van der Waals surface area contributed by atoms with E-state index in [1.165, 1.54) is 20.9 Å². The van der Waals surface area contributed by atoms with Crippen molar-refractivity contribution >= 4 is 17.0 Å². The fourth-order valence-corrected chi connectivity index (χ4v) is 3.13. The third kappa shape index (κ3) is 2.44. The minimum atomic E-state index is 0.222. The third-order valence-corrected chi connectivity index (χ3v) is 4.77. The molecule has 2 N–H and O–H groups in total. The summed E-state index contributed by atoms with van der Waals surface area (Å²) in [6.07, 6.45) is 0. The van der Waals surface area contributed by atoms with Gasteiger partial charge >= 0.3 is 0 Å². The maximum Gasteiger partial charge on any atom is 0.0348 e. The molecule has 0 bridgehead atoms. The molecule has 0 radical (unpaired) electrons. The highest BCUT2D eigenvalue weighted by atomic mass is 32.1. The SMILES string of the molecule is Cc1cc(-c2ccc(C(C)(C)C)s2)c(C)cc1N. The number of nitrogens with two attached hydrogens (primary N) is 1. The zero-order chi connectivity index (χ0) is 13.5. The minimum Gasteiger partial charge on any atom is -0.399 e. The van der Waals surface area contributed by atoms with Gasteiger partial charge in [0.05, 0.1) is 0 Å². The van der Waals surface area contributed by atoms with Crippen molar-refractivity contribution in [3.8, 4) is 10.4 Å². The van der Waals surface area contributed by atoms with Crippen LogP contribution >= 0.6 is 11.3 Å². The number of benzene rings is 1. The number of thiophene rings is 1. The predicted molar refractivity (Wildman–Crippen MR) is 82.3 cm³/mol. The summed E-state index contributed by atoms with van der Waals surface area (Å²) in [5.41, 5.74) is 10.8. The summed E-state index contributed by atoms with van der Waals surface area (Å²) in [4.78, 5) is 2.76. The molecule has 18 heavy (non-hydrogen) atoms. The largest absolute Gasteiger partial charge is 0.399 e. The van der Waals surface area contributed by atoms with Crippen molar-refractivity contribution in [2.24, 2.45) is 0 Å². The van der Waals surface area contributed by atoms with E-state index < -0.39 is 0 Å². The van der Waals surface area contributed by atoms with Crippen LogP contribution in [0.3, 0.4) is 0 Å². The van der Waals surface area contributed by atoms with Gasteiger partial charge < -0.3 is 5.73 Å². The molecule has 0 saturated carbocycles.